The molecule has 0 saturated carbocycles. The molecule has 0 bridgehead atoms. The molecule has 2 aromatic heterocycles. The molecule has 2 aromatic carbocycles. The van der Waals surface area contributed by atoms with Crippen molar-refractivity contribution in [2.75, 3.05) is 0 Å². The average Bonchev–Trinajstić information content (AvgIpc) is 3.58. The predicted octanol–water partition coefficient (Wildman–Crippen LogP) is 5.38. The third-order valence-electron chi connectivity index (χ3n) is 7.12. The molecule has 0 unspecified atom stereocenters. The molecular formula is C31H29F4N5O5. The lowest BCUT2D eigenvalue weighted by Crippen LogP contribution is -2.30. The van der Waals surface area contributed by atoms with Crippen molar-refractivity contribution in [3.05, 3.63) is 93.7 Å². The Morgan fingerprint density at radius 3 is 2.51 bits per heavy atom. The molecule has 2 amide bonds. The molecule has 0 radical (unpaired) electrons. The fourth-order valence-electron chi connectivity index (χ4n) is 5.14. The van der Waals surface area contributed by atoms with E-state index < -0.39 is 41.3 Å². The van der Waals surface area contributed by atoms with Crippen LogP contribution in [0.5, 0.6) is 5.75 Å². The third kappa shape index (κ3) is 7.05. The number of hydrogen-bond donors (Lipinski definition) is 2. The van der Waals surface area contributed by atoms with Crippen molar-refractivity contribution < 1.29 is 41.4 Å². The molecular weight excluding hydrogens is 598 g/mol. The van der Waals surface area contributed by atoms with Crippen molar-refractivity contribution in [1.82, 2.24) is 25.2 Å². The SMILES string of the molecule is Cc1c(C(=O)OC(C)(C)C)ccc2c1CC[C@@H]2NC(=O)c1cc(C(=O)NCc2ccc(F)c(OC(F)(F)F)c2)nc2ccnn12. The number of aromatic nitrogens is 3. The zero-order chi connectivity index (χ0) is 32.7. The Hall–Kier alpha value is -5.01. The van der Waals surface area contributed by atoms with Crippen LogP contribution in [0.4, 0.5) is 17.6 Å². The second-order valence-corrected chi connectivity index (χ2v) is 11.5. The Balaban J connectivity index is 1.33. The van der Waals surface area contributed by atoms with Crippen LogP contribution in [0, 0.1) is 12.7 Å². The normalized spacial score (nSPS) is 14.6. The number of esters is 1. The standard InChI is InChI=1S/C31H29F4N5O5/c1-16-18-8-10-22(20(18)7-6-19(16)29(43)45-30(2,3)4)39-28(42)24-14-23(38-26-11-12-37-40(24)26)27(41)36-15-17-5-9-21(32)25(13-17)44-31(33,34)35/h5-7,9,11-14,22H,8,10,15H2,1-4H3,(H,36,41)(H,39,42)/t22-/m0/s1. The van der Waals surface area contributed by atoms with E-state index in [9.17, 15) is 31.9 Å². The minimum atomic E-state index is -5.09. The molecule has 0 saturated heterocycles. The smallest absolute Gasteiger partial charge is 0.456 e. The second kappa shape index (κ2) is 11.8. The largest absolute Gasteiger partial charge is 0.573 e. The molecule has 0 fully saturated rings. The van der Waals surface area contributed by atoms with E-state index in [2.05, 4.69) is 25.5 Å². The highest BCUT2D eigenvalue weighted by molar-refractivity contribution is 5.98. The van der Waals surface area contributed by atoms with E-state index in [1.807, 2.05) is 6.92 Å². The Kier molecular flexibility index (Phi) is 8.25. The summed E-state index contributed by atoms with van der Waals surface area (Å²) in [7, 11) is 0. The van der Waals surface area contributed by atoms with Crippen LogP contribution in [-0.4, -0.2) is 44.3 Å². The minimum Gasteiger partial charge on any atom is -0.456 e. The summed E-state index contributed by atoms with van der Waals surface area (Å²) in [5.74, 6) is -3.93. The van der Waals surface area contributed by atoms with Crippen molar-refractivity contribution >= 4 is 23.4 Å². The van der Waals surface area contributed by atoms with E-state index in [1.165, 1.54) is 28.9 Å². The number of carbonyl (C=O) groups excluding carboxylic acids is 3. The van der Waals surface area contributed by atoms with Crippen LogP contribution in [0.25, 0.3) is 5.65 Å². The number of benzene rings is 2. The quantitative estimate of drug-likeness (QED) is 0.208. The lowest BCUT2D eigenvalue weighted by atomic mass is 9.97. The first-order chi connectivity index (χ1) is 21.1. The highest BCUT2D eigenvalue weighted by Crippen LogP contribution is 2.35. The van der Waals surface area contributed by atoms with Crippen LogP contribution in [0.1, 0.15) is 86.8 Å². The summed E-state index contributed by atoms with van der Waals surface area (Å²) in [5, 5.41) is 9.64. The number of halogens is 4. The first-order valence-corrected chi connectivity index (χ1v) is 13.9. The monoisotopic (exact) mass is 627 g/mol. The Bertz CT molecular complexity index is 1810. The minimum absolute atomic E-state index is 0.0216. The summed E-state index contributed by atoms with van der Waals surface area (Å²) in [6.07, 6.45) is -2.47. The van der Waals surface area contributed by atoms with Gasteiger partial charge in [-0.25, -0.2) is 18.7 Å². The van der Waals surface area contributed by atoms with Gasteiger partial charge in [0.2, 0.25) is 0 Å². The number of hydrogen-bond acceptors (Lipinski definition) is 7. The molecule has 0 aliphatic heterocycles. The zero-order valence-electron chi connectivity index (χ0n) is 24.7. The summed E-state index contributed by atoms with van der Waals surface area (Å²) in [4.78, 5) is 43.5. The Morgan fingerprint density at radius 2 is 1.80 bits per heavy atom. The topological polar surface area (TPSA) is 124 Å². The highest BCUT2D eigenvalue weighted by atomic mass is 19.4. The lowest BCUT2D eigenvalue weighted by Gasteiger charge is -2.21. The molecule has 2 N–H and O–H groups in total. The van der Waals surface area contributed by atoms with Gasteiger partial charge in [0, 0.05) is 18.7 Å². The summed E-state index contributed by atoms with van der Waals surface area (Å²) in [6, 6.07) is 8.68. The molecule has 1 aliphatic rings. The lowest BCUT2D eigenvalue weighted by molar-refractivity contribution is -0.275. The second-order valence-electron chi connectivity index (χ2n) is 11.5. The van der Waals surface area contributed by atoms with Crippen molar-refractivity contribution in [3.8, 4) is 5.75 Å². The molecule has 1 aliphatic carbocycles. The number of ether oxygens (including phenoxy) is 2. The van der Waals surface area contributed by atoms with Gasteiger partial charge in [0.05, 0.1) is 17.8 Å². The first kappa shape index (κ1) is 31.4. The van der Waals surface area contributed by atoms with Crippen molar-refractivity contribution in [1.29, 1.82) is 0 Å². The molecule has 45 heavy (non-hydrogen) atoms. The van der Waals surface area contributed by atoms with Crippen LogP contribution in [-0.2, 0) is 17.7 Å². The summed E-state index contributed by atoms with van der Waals surface area (Å²) in [6.45, 7) is 6.95. The van der Waals surface area contributed by atoms with E-state index >= 15 is 0 Å². The van der Waals surface area contributed by atoms with E-state index in [0.29, 0.717) is 18.4 Å². The molecule has 2 heterocycles. The number of fused-ring (bicyclic) bond motifs is 2. The molecule has 5 rings (SSSR count). The maximum atomic E-state index is 13.8. The Labute approximate surface area is 254 Å². The predicted molar refractivity (Wildman–Crippen MR) is 152 cm³/mol. The molecule has 236 valence electrons. The first-order valence-electron chi connectivity index (χ1n) is 13.9. The van der Waals surface area contributed by atoms with Crippen LogP contribution in [0.2, 0.25) is 0 Å². The van der Waals surface area contributed by atoms with Crippen molar-refractivity contribution in [3.63, 3.8) is 0 Å². The molecule has 14 heteroatoms. The molecule has 0 spiro atoms. The summed E-state index contributed by atoms with van der Waals surface area (Å²) in [5.41, 5.74) is 2.64. The molecule has 4 aromatic rings. The molecule has 1 atom stereocenters. The summed E-state index contributed by atoms with van der Waals surface area (Å²) >= 11 is 0. The van der Waals surface area contributed by atoms with Gasteiger partial charge >= 0.3 is 12.3 Å². The van der Waals surface area contributed by atoms with Crippen LogP contribution in [0.15, 0.2) is 48.7 Å². The number of carbonyl (C=O) groups is 3. The van der Waals surface area contributed by atoms with E-state index in [0.717, 1.165) is 28.8 Å². The maximum absolute atomic E-state index is 13.8. The van der Waals surface area contributed by atoms with Gasteiger partial charge < -0.3 is 20.1 Å². The third-order valence-corrected chi connectivity index (χ3v) is 7.12. The van der Waals surface area contributed by atoms with E-state index in [1.54, 1.807) is 32.9 Å². The van der Waals surface area contributed by atoms with Gasteiger partial charge in [-0.2, -0.15) is 5.10 Å². The summed E-state index contributed by atoms with van der Waals surface area (Å²) < 4.78 is 62.0. The van der Waals surface area contributed by atoms with Crippen molar-refractivity contribution in [2.24, 2.45) is 0 Å². The van der Waals surface area contributed by atoms with Crippen LogP contribution < -0.4 is 15.4 Å². The van der Waals surface area contributed by atoms with Crippen LogP contribution >= 0.6 is 0 Å². The van der Waals surface area contributed by atoms with Gasteiger partial charge in [0.1, 0.15) is 17.0 Å². The van der Waals surface area contributed by atoms with E-state index in [4.69, 9.17) is 4.74 Å². The maximum Gasteiger partial charge on any atom is 0.573 e. The van der Waals surface area contributed by atoms with E-state index in [-0.39, 0.29) is 35.2 Å². The Morgan fingerprint density at radius 1 is 1.04 bits per heavy atom. The number of nitrogens with one attached hydrogen (secondary N) is 2. The van der Waals surface area contributed by atoms with Crippen molar-refractivity contribution in [2.45, 2.75) is 65.1 Å². The average molecular weight is 628 g/mol. The van der Waals surface area contributed by atoms with Gasteiger partial charge in [-0.15, -0.1) is 13.2 Å². The van der Waals surface area contributed by atoms with Gasteiger partial charge in [0.25, 0.3) is 11.8 Å². The zero-order valence-corrected chi connectivity index (χ0v) is 24.7. The number of alkyl halides is 3. The van der Waals surface area contributed by atoms with Gasteiger partial charge in [-0.1, -0.05) is 12.1 Å². The fourth-order valence-corrected chi connectivity index (χ4v) is 5.14. The number of nitrogens with zero attached hydrogens (tertiary/aromatic N) is 3. The molecule has 10 nitrogen and oxygen atoms in total. The van der Waals surface area contributed by atoms with Gasteiger partial charge in [0.15, 0.2) is 17.2 Å². The van der Waals surface area contributed by atoms with Crippen LogP contribution in [0.3, 0.4) is 0 Å². The van der Waals surface area contributed by atoms with Gasteiger partial charge in [-0.05, 0) is 81.0 Å². The number of amides is 2. The fraction of sp³-hybridized carbons (Fsp3) is 0.323. The highest BCUT2D eigenvalue weighted by Gasteiger charge is 2.33. The van der Waals surface area contributed by atoms with Gasteiger partial charge in [-0.3, -0.25) is 9.59 Å². The number of rotatable bonds is 7.